The monoisotopic (exact) mass is 140 g/mol. The van der Waals surface area contributed by atoms with E-state index >= 15 is 0 Å². The predicted octanol–water partition coefficient (Wildman–Crippen LogP) is 0.580. The first-order valence-electron chi connectivity index (χ1n) is 2.87. The highest BCUT2D eigenvalue weighted by Crippen LogP contribution is 1.93. The summed E-state index contributed by atoms with van der Waals surface area (Å²) in [6.07, 6.45) is 5.05. The minimum Gasteiger partial charge on any atom is -0.491 e. The predicted molar refractivity (Wildman–Crippen MR) is 44.3 cm³/mol. The van der Waals surface area contributed by atoms with E-state index in [1.807, 2.05) is 5.70 Å². The summed E-state index contributed by atoms with van der Waals surface area (Å²) in [5.74, 6) is 0. The molecule has 0 fully saturated rings. The van der Waals surface area contributed by atoms with Gasteiger partial charge in [-0.2, -0.15) is 0 Å². The zero-order valence-electron chi connectivity index (χ0n) is 5.71. The van der Waals surface area contributed by atoms with E-state index in [0.717, 1.165) is 10.2 Å². The van der Waals surface area contributed by atoms with Crippen LogP contribution in [0.15, 0.2) is 37.3 Å². The van der Waals surface area contributed by atoms with Gasteiger partial charge in [0.1, 0.15) is 6.10 Å². The van der Waals surface area contributed by atoms with Gasteiger partial charge in [-0.25, -0.2) is 0 Å². The summed E-state index contributed by atoms with van der Waals surface area (Å²) < 4.78 is 5.11. The van der Waals surface area contributed by atoms with Gasteiger partial charge in [0.2, 0.25) is 0 Å². The number of rotatable bonds is 4. The molecular weight excluding hydrogens is 128 g/mol. The van der Waals surface area contributed by atoms with Gasteiger partial charge in [0, 0.05) is 10.2 Å². The second kappa shape index (κ2) is 5.38. The van der Waals surface area contributed by atoms with E-state index < -0.39 is 0 Å². The van der Waals surface area contributed by atoms with Gasteiger partial charge >= 0.3 is 0 Å². The Balaban J connectivity index is 3.55. The fourth-order valence-electron chi connectivity index (χ4n) is 0.377. The quantitative estimate of drug-likeness (QED) is 0.315. The van der Waals surface area contributed by atoms with Crippen molar-refractivity contribution >= 4 is 10.2 Å². The standard InChI is InChI=1S/C7H12OSi/c1-3-7(4-2)8-5-6-9/h3-7H,1-2H2,9H3. The normalized spacial score (nSPS) is 10.3. The Kier molecular flexibility index (Phi) is 4.92. The molecule has 0 radical (unpaired) electrons. The van der Waals surface area contributed by atoms with Crippen LogP contribution in [0.25, 0.3) is 0 Å². The van der Waals surface area contributed by atoms with E-state index in [4.69, 9.17) is 4.74 Å². The van der Waals surface area contributed by atoms with Crippen LogP contribution in [0.1, 0.15) is 0 Å². The number of hydrogen-bond donors (Lipinski definition) is 0. The molecule has 0 N–H and O–H groups in total. The first-order chi connectivity index (χ1) is 4.35. The molecule has 0 aliphatic carbocycles. The van der Waals surface area contributed by atoms with Crippen LogP contribution >= 0.6 is 0 Å². The highest BCUT2D eigenvalue weighted by atomic mass is 28.1. The third kappa shape index (κ3) is 3.79. The molecular formula is C7H12OSi. The molecule has 0 aliphatic rings. The highest BCUT2D eigenvalue weighted by Gasteiger charge is 1.90. The molecule has 0 spiro atoms. The van der Waals surface area contributed by atoms with Gasteiger partial charge in [0.25, 0.3) is 0 Å². The summed E-state index contributed by atoms with van der Waals surface area (Å²) in [4.78, 5) is 0. The Morgan fingerprint density at radius 3 is 2.22 bits per heavy atom. The molecule has 0 unspecified atom stereocenters. The maximum Gasteiger partial charge on any atom is 0.134 e. The zero-order chi connectivity index (χ0) is 7.11. The fourth-order valence-corrected chi connectivity index (χ4v) is 0.534. The number of hydrogen-bond acceptors (Lipinski definition) is 1. The second-order valence-corrected chi connectivity index (χ2v) is 2.21. The molecule has 50 valence electrons. The molecule has 0 bridgehead atoms. The van der Waals surface area contributed by atoms with Crippen molar-refractivity contribution in [3.8, 4) is 0 Å². The average Bonchev–Trinajstić information content (AvgIpc) is 1.91. The zero-order valence-corrected chi connectivity index (χ0v) is 7.71. The lowest BCUT2D eigenvalue weighted by molar-refractivity contribution is 0.229. The molecule has 1 nitrogen and oxygen atoms in total. The van der Waals surface area contributed by atoms with Crippen molar-refractivity contribution in [3.63, 3.8) is 0 Å². The molecule has 0 heterocycles. The lowest BCUT2D eigenvalue weighted by atomic mass is 10.3. The van der Waals surface area contributed by atoms with Crippen molar-refractivity contribution in [1.29, 1.82) is 0 Å². The lowest BCUT2D eigenvalue weighted by Gasteiger charge is -2.04. The fraction of sp³-hybridized carbons (Fsp3) is 0.143. The van der Waals surface area contributed by atoms with Crippen LogP contribution in [-0.2, 0) is 4.74 Å². The van der Waals surface area contributed by atoms with Crippen molar-refractivity contribution in [2.45, 2.75) is 6.10 Å². The summed E-state index contributed by atoms with van der Waals surface area (Å²) in [7, 11) is 1.03. The topological polar surface area (TPSA) is 9.23 Å². The molecule has 0 rings (SSSR count). The first kappa shape index (κ1) is 8.24. The van der Waals surface area contributed by atoms with E-state index in [0.29, 0.717) is 0 Å². The van der Waals surface area contributed by atoms with Gasteiger partial charge in [0.05, 0.1) is 6.26 Å². The van der Waals surface area contributed by atoms with Crippen LogP contribution in [0.5, 0.6) is 0 Å². The molecule has 9 heavy (non-hydrogen) atoms. The molecule has 2 heteroatoms. The SMILES string of the molecule is C=CC(C=C)OC=C[SiH3]. The first-order valence-corrected chi connectivity index (χ1v) is 4.02. The van der Waals surface area contributed by atoms with Gasteiger partial charge < -0.3 is 4.74 Å². The maximum absolute atomic E-state index is 5.11. The van der Waals surface area contributed by atoms with Crippen molar-refractivity contribution in [2.24, 2.45) is 0 Å². The van der Waals surface area contributed by atoms with Crippen LogP contribution in [0.3, 0.4) is 0 Å². The molecule has 0 saturated heterocycles. The van der Waals surface area contributed by atoms with E-state index in [9.17, 15) is 0 Å². The maximum atomic E-state index is 5.11. The van der Waals surface area contributed by atoms with Crippen LogP contribution in [0.2, 0.25) is 0 Å². The molecule has 0 aliphatic heterocycles. The smallest absolute Gasteiger partial charge is 0.134 e. The molecule has 0 aromatic rings. The minimum atomic E-state index is -0.0322. The Bertz CT molecular complexity index is 110. The average molecular weight is 140 g/mol. The largest absolute Gasteiger partial charge is 0.491 e. The summed E-state index contributed by atoms with van der Waals surface area (Å²) >= 11 is 0. The highest BCUT2D eigenvalue weighted by molar-refractivity contribution is 6.16. The van der Waals surface area contributed by atoms with Crippen LogP contribution in [0.4, 0.5) is 0 Å². The van der Waals surface area contributed by atoms with E-state index in [1.54, 1.807) is 18.4 Å². The van der Waals surface area contributed by atoms with Crippen molar-refractivity contribution in [1.82, 2.24) is 0 Å². The number of ether oxygens (including phenoxy) is 1. The third-order valence-electron chi connectivity index (χ3n) is 0.836. The van der Waals surface area contributed by atoms with E-state index in [2.05, 4.69) is 13.2 Å². The van der Waals surface area contributed by atoms with Gasteiger partial charge in [-0.1, -0.05) is 18.9 Å². The van der Waals surface area contributed by atoms with E-state index in [-0.39, 0.29) is 6.10 Å². The Morgan fingerprint density at radius 1 is 1.33 bits per heavy atom. The Morgan fingerprint density at radius 2 is 1.89 bits per heavy atom. The molecule has 0 atom stereocenters. The summed E-state index contributed by atoms with van der Waals surface area (Å²) in [6.45, 7) is 7.13. The van der Waals surface area contributed by atoms with Gasteiger partial charge in [-0.3, -0.25) is 0 Å². The summed E-state index contributed by atoms with van der Waals surface area (Å²) in [6, 6.07) is 0. The molecule has 0 aromatic heterocycles. The third-order valence-corrected chi connectivity index (χ3v) is 1.11. The second-order valence-electron chi connectivity index (χ2n) is 1.54. The van der Waals surface area contributed by atoms with Gasteiger partial charge in [-0.05, 0) is 12.2 Å². The van der Waals surface area contributed by atoms with Crippen LogP contribution in [-0.4, -0.2) is 16.3 Å². The molecule has 0 amide bonds. The van der Waals surface area contributed by atoms with Crippen LogP contribution < -0.4 is 0 Å². The minimum absolute atomic E-state index is 0.0322. The van der Waals surface area contributed by atoms with Crippen molar-refractivity contribution in [3.05, 3.63) is 37.3 Å². The van der Waals surface area contributed by atoms with E-state index in [1.165, 1.54) is 0 Å². The van der Waals surface area contributed by atoms with Gasteiger partial charge in [0.15, 0.2) is 0 Å². The Labute approximate surface area is 59.1 Å². The van der Waals surface area contributed by atoms with Crippen molar-refractivity contribution in [2.75, 3.05) is 0 Å². The molecule has 0 saturated carbocycles. The molecule has 0 aromatic carbocycles. The lowest BCUT2D eigenvalue weighted by Crippen LogP contribution is -1.98. The van der Waals surface area contributed by atoms with Crippen molar-refractivity contribution < 1.29 is 4.74 Å². The summed E-state index contributed by atoms with van der Waals surface area (Å²) in [5, 5.41) is 0. The summed E-state index contributed by atoms with van der Waals surface area (Å²) in [5.41, 5.74) is 1.96. The Hall–Kier alpha value is -0.763. The van der Waals surface area contributed by atoms with Gasteiger partial charge in [-0.15, -0.1) is 0 Å². The van der Waals surface area contributed by atoms with Crippen LogP contribution in [0, 0.1) is 0 Å².